The maximum absolute atomic E-state index is 3.24. The molecule has 0 heterocycles. The molecule has 80 valence electrons. The van der Waals surface area contributed by atoms with E-state index in [1.54, 1.807) is 0 Å². The molecule has 0 saturated heterocycles. The van der Waals surface area contributed by atoms with Gasteiger partial charge in [0.25, 0.3) is 0 Å². The molecule has 0 spiro atoms. The minimum absolute atomic E-state index is 1.12. The van der Waals surface area contributed by atoms with E-state index in [1.807, 2.05) is 12.2 Å². The maximum atomic E-state index is 3.24. The van der Waals surface area contributed by atoms with E-state index in [2.05, 4.69) is 47.9 Å². The molecule has 0 amide bonds. The fourth-order valence-electron chi connectivity index (χ4n) is 1.71. The van der Waals surface area contributed by atoms with E-state index in [0.717, 1.165) is 12.8 Å². The number of allylic oxidation sites excluding steroid dienone is 2. The van der Waals surface area contributed by atoms with Crippen molar-refractivity contribution in [3.63, 3.8) is 0 Å². The van der Waals surface area contributed by atoms with E-state index >= 15 is 0 Å². The van der Waals surface area contributed by atoms with Crippen LogP contribution < -0.4 is 0 Å². The molecule has 0 saturated carbocycles. The molecule has 0 heteroatoms. The third-order valence-corrected chi connectivity index (χ3v) is 2.59. The van der Waals surface area contributed by atoms with Gasteiger partial charge in [0.1, 0.15) is 0 Å². The predicted molar refractivity (Wildman–Crippen MR) is 70.0 cm³/mol. The summed E-state index contributed by atoms with van der Waals surface area (Å²) < 4.78 is 0. The van der Waals surface area contributed by atoms with Crippen molar-refractivity contribution in [1.82, 2.24) is 0 Å². The molecule has 1 aromatic rings. The Morgan fingerprint density at radius 2 is 1.38 bits per heavy atom. The highest BCUT2D eigenvalue weighted by Gasteiger charge is 1.89. The minimum atomic E-state index is 1.12. The summed E-state index contributed by atoms with van der Waals surface area (Å²) in [5.41, 5.74) is 8.88. The Kier molecular flexibility index (Phi) is 4.02. The lowest BCUT2D eigenvalue weighted by atomic mass is 10.1. The Hall–Kier alpha value is -1.74. The van der Waals surface area contributed by atoms with Crippen LogP contribution in [0.5, 0.6) is 0 Å². The maximum Gasteiger partial charge on any atom is -0.0130 e. The van der Waals surface area contributed by atoms with E-state index in [-0.39, 0.29) is 0 Å². The van der Waals surface area contributed by atoms with E-state index in [9.17, 15) is 0 Å². The summed E-state index contributed by atoms with van der Waals surface area (Å²) in [6, 6.07) is 8.42. The topological polar surface area (TPSA) is 0 Å². The van der Waals surface area contributed by atoms with Crippen molar-refractivity contribution < 1.29 is 0 Å². The van der Waals surface area contributed by atoms with Crippen molar-refractivity contribution in [2.75, 3.05) is 0 Å². The third kappa shape index (κ3) is 3.44. The summed E-state index contributed by atoms with van der Waals surface area (Å²) in [6.45, 7) is 0. The first-order valence-corrected chi connectivity index (χ1v) is 5.87. The zero-order chi connectivity index (χ0) is 11.1. The van der Waals surface area contributed by atoms with Gasteiger partial charge in [-0.2, -0.15) is 0 Å². The lowest BCUT2D eigenvalue weighted by molar-refractivity contribution is 0.763. The first-order chi connectivity index (χ1) is 7.95. The molecule has 1 aliphatic carbocycles. The van der Waals surface area contributed by atoms with Crippen LogP contribution in [0.25, 0.3) is 12.2 Å². The Balaban J connectivity index is 2.33. The molecule has 2 rings (SSSR count). The van der Waals surface area contributed by atoms with Crippen LogP contribution in [0.1, 0.15) is 36.8 Å². The lowest BCUT2D eigenvalue weighted by Crippen LogP contribution is -1.73. The van der Waals surface area contributed by atoms with Crippen LogP contribution in [-0.2, 0) is 0 Å². The lowest BCUT2D eigenvalue weighted by Gasteiger charge is -1.93. The average molecular weight is 208 g/mol. The van der Waals surface area contributed by atoms with Gasteiger partial charge in [-0.25, -0.2) is 0 Å². The van der Waals surface area contributed by atoms with Gasteiger partial charge in [-0.1, -0.05) is 18.2 Å². The zero-order valence-corrected chi connectivity index (χ0v) is 9.45. The first kappa shape index (κ1) is 10.8. The molecule has 0 atom stereocenters. The van der Waals surface area contributed by atoms with Crippen LogP contribution in [0.2, 0.25) is 0 Å². The second-order valence-corrected chi connectivity index (χ2v) is 3.98. The van der Waals surface area contributed by atoms with Crippen molar-refractivity contribution in [1.29, 1.82) is 0 Å². The molecule has 1 aromatic carbocycles. The van der Waals surface area contributed by atoms with Crippen molar-refractivity contribution in [2.24, 2.45) is 0 Å². The normalized spacial score (nSPS) is 15.2. The average Bonchev–Trinajstić information content (AvgIpc) is 2.32. The summed E-state index contributed by atoms with van der Waals surface area (Å²) in [5, 5.41) is 0. The smallest absolute Gasteiger partial charge is 0.0130 e. The molecular formula is C16H16. The summed E-state index contributed by atoms with van der Waals surface area (Å²) in [4.78, 5) is 0. The molecule has 0 N–H and O–H groups in total. The van der Waals surface area contributed by atoms with Gasteiger partial charge < -0.3 is 0 Å². The van der Waals surface area contributed by atoms with Crippen molar-refractivity contribution in [2.45, 2.75) is 25.7 Å². The molecule has 0 aromatic heterocycles. The molecule has 0 unspecified atom stereocenters. The fraction of sp³-hybridized carbons (Fsp3) is 0.250. The van der Waals surface area contributed by atoms with Crippen LogP contribution in [0.3, 0.4) is 0 Å². The molecule has 1 aliphatic rings. The Morgan fingerprint density at radius 1 is 0.812 bits per heavy atom. The van der Waals surface area contributed by atoms with Crippen LogP contribution in [-0.4, -0.2) is 0 Å². The van der Waals surface area contributed by atoms with Gasteiger partial charge in [0.15, 0.2) is 0 Å². The van der Waals surface area contributed by atoms with Crippen LogP contribution in [0.4, 0.5) is 0 Å². The monoisotopic (exact) mass is 208 g/mol. The summed E-state index contributed by atoms with van der Waals surface area (Å²) >= 11 is 0. The highest BCUT2D eigenvalue weighted by molar-refractivity contribution is 5.57. The van der Waals surface area contributed by atoms with Crippen LogP contribution in [0, 0.1) is 0 Å². The van der Waals surface area contributed by atoms with E-state index < -0.39 is 0 Å². The van der Waals surface area contributed by atoms with Crippen LogP contribution in [0.15, 0.2) is 47.9 Å². The summed E-state index contributed by atoms with van der Waals surface area (Å²) in [5.74, 6) is 0. The molecule has 2 bridgehead atoms. The van der Waals surface area contributed by atoms with Gasteiger partial charge >= 0.3 is 0 Å². The van der Waals surface area contributed by atoms with Gasteiger partial charge in [0.2, 0.25) is 0 Å². The van der Waals surface area contributed by atoms with Gasteiger partial charge in [-0.3, -0.25) is 0 Å². The number of hydrogen-bond acceptors (Lipinski definition) is 0. The summed E-state index contributed by atoms with van der Waals surface area (Å²) in [6.07, 6.45) is 13.0. The minimum Gasteiger partial charge on any atom is -0.125 e. The Bertz CT molecular complexity index is 423. The highest BCUT2D eigenvalue weighted by atomic mass is 13.9. The molecule has 0 fully saturated rings. The predicted octanol–water partition coefficient (Wildman–Crippen LogP) is 4.60. The molecule has 0 nitrogen and oxygen atoms in total. The third-order valence-electron chi connectivity index (χ3n) is 2.59. The van der Waals surface area contributed by atoms with Crippen molar-refractivity contribution in [3.05, 3.63) is 59.0 Å². The fourth-order valence-corrected chi connectivity index (χ4v) is 1.71. The SMILES string of the molecule is C1=CCCCCC=C=Cc2cccc(c2)C=1. The molecule has 0 radical (unpaired) electrons. The van der Waals surface area contributed by atoms with Crippen molar-refractivity contribution in [3.8, 4) is 0 Å². The number of benzene rings is 1. The zero-order valence-electron chi connectivity index (χ0n) is 9.45. The number of fused-ring (bicyclic) bond motifs is 2. The molecule has 0 aliphatic heterocycles. The second-order valence-electron chi connectivity index (χ2n) is 3.98. The van der Waals surface area contributed by atoms with Gasteiger partial charge in [0.05, 0.1) is 0 Å². The standard InChI is InChI=1S/C16H16/c1-2-4-6-8-11-16-13-9-12-15(14-16)10-7-5-3-1/h5-6,9-14H,1-4H2. The Labute approximate surface area is 97.3 Å². The van der Waals surface area contributed by atoms with Crippen molar-refractivity contribution >= 4 is 12.2 Å². The first-order valence-electron chi connectivity index (χ1n) is 5.87. The van der Waals surface area contributed by atoms with E-state index in [1.165, 1.54) is 24.0 Å². The van der Waals surface area contributed by atoms with Gasteiger partial charge in [0, 0.05) is 0 Å². The van der Waals surface area contributed by atoms with Gasteiger partial charge in [-0.15, -0.1) is 11.5 Å². The highest BCUT2D eigenvalue weighted by Crippen LogP contribution is 2.09. The molecular weight excluding hydrogens is 192 g/mol. The van der Waals surface area contributed by atoms with E-state index in [4.69, 9.17) is 0 Å². The number of rotatable bonds is 0. The second kappa shape index (κ2) is 5.98. The van der Waals surface area contributed by atoms with Gasteiger partial charge in [-0.05, 0) is 67.2 Å². The van der Waals surface area contributed by atoms with E-state index in [0.29, 0.717) is 0 Å². The molecule has 16 heavy (non-hydrogen) atoms. The van der Waals surface area contributed by atoms with Crippen LogP contribution >= 0.6 is 0 Å². The Morgan fingerprint density at radius 3 is 1.94 bits per heavy atom. The summed E-state index contributed by atoms with van der Waals surface area (Å²) in [7, 11) is 0. The quantitative estimate of drug-likeness (QED) is 0.547. The number of hydrogen-bond donors (Lipinski definition) is 0. The largest absolute Gasteiger partial charge is 0.125 e.